The fraction of sp³-hybridized carbons (Fsp3) is 0.600. The second kappa shape index (κ2) is 10.3. The van der Waals surface area contributed by atoms with Gasteiger partial charge in [0.25, 0.3) is 0 Å². The van der Waals surface area contributed by atoms with Crippen molar-refractivity contribution in [3.05, 3.63) is 29.3 Å². The van der Waals surface area contributed by atoms with Crippen LogP contribution in [-0.2, 0) is 23.1 Å². The summed E-state index contributed by atoms with van der Waals surface area (Å²) < 4.78 is 5.68. The minimum atomic E-state index is -0.0660. The van der Waals surface area contributed by atoms with Crippen molar-refractivity contribution >= 4 is 20.7 Å². The summed E-state index contributed by atoms with van der Waals surface area (Å²) in [6, 6.07) is 5.33. The molecule has 0 bridgehead atoms. The van der Waals surface area contributed by atoms with Gasteiger partial charge in [-0.1, -0.05) is 6.07 Å². The summed E-state index contributed by atoms with van der Waals surface area (Å²) >= 11 is 0. The molecule has 6 heteroatoms. The number of benzene rings is 1. The van der Waals surface area contributed by atoms with Crippen LogP contribution >= 0.6 is 10.8 Å². The lowest BCUT2D eigenvalue weighted by molar-refractivity contribution is 0.265. The van der Waals surface area contributed by atoms with E-state index in [0.29, 0.717) is 22.3 Å². The molecule has 120 valence electrons. The van der Waals surface area contributed by atoms with Crippen LogP contribution < -0.4 is 10.5 Å². The summed E-state index contributed by atoms with van der Waals surface area (Å²) in [5.74, 6) is 1.79. The van der Waals surface area contributed by atoms with Crippen molar-refractivity contribution in [2.75, 3.05) is 24.9 Å². The highest BCUT2D eigenvalue weighted by Crippen LogP contribution is 2.18. The van der Waals surface area contributed by atoms with E-state index in [1.807, 2.05) is 10.8 Å². The van der Waals surface area contributed by atoms with Crippen molar-refractivity contribution < 1.29 is 14.9 Å². The molecule has 0 radical (unpaired) electrons. The predicted octanol–water partition coefficient (Wildman–Crippen LogP) is 1.68. The topological polar surface area (TPSA) is 75.7 Å². The summed E-state index contributed by atoms with van der Waals surface area (Å²) in [6.07, 6.45) is 6.48. The number of hydrogen-bond acceptors (Lipinski definition) is 5. The van der Waals surface area contributed by atoms with Gasteiger partial charge < -0.3 is 20.7 Å². The zero-order valence-corrected chi connectivity index (χ0v) is 14.4. The number of ether oxygens (including phenoxy) is 1. The molecule has 0 fully saturated rings. The maximum Gasteiger partial charge on any atom is 0.120 e. The maximum atomic E-state index is 9.18. The Balaban J connectivity index is 2.36. The Hall–Kier alpha value is -0.400. The van der Waals surface area contributed by atoms with Gasteiger partial charge in [0, 0.05) is 11.8 Å². The van der Waals surface area contributed by atoms with Crippen LogP contribution in [0.15, 0.2) is 18.2 Å². The molecule has 0 aliphatic carbocycles. The Bertz CT molecular complexity index is 394. The van der Waals surface area contributed by atoms with Gasteiger partial charge in [0.05, 0.1) is 33.9 Å². The van der Waals surface area contributed by atoms with Crippen LogP contribution in [-0.4, -0.2) is 41.1 Å². The van der Waals surface area contributed by atoms with E-state index < -0.39 is 0 Å². The fourth-order valence-corrected chi connectivity index (χ4v) is 3.82. The van der Waals surface area contributed by atoms with Gasteiger partial charge in [-0.25, -0.2) is 0 Å². The fourth-order valence-electron chi connectivity index (χ4n) is 1.85. The minimum absolute atomic E-state index is 0.0106. The first-order valence-corrected chi connectivity index (χ1v) is 10.5. The molecule has 0 saturated carbocycles. The Morgan fingerprint density at radius 2 is 1.81 bits per heavy atom. The van der Waals surface area contributed by atoms with Gasteiger partial charge in [-0.15, -0.1) is 0 Å². The molecule has 1 atom stereocenters. The number of hydrogen-bond donors (Lipinski definition) is 3. The predicted molar refractivity (Wildman–Crippen MR) is 92.7 cm³/mol. The van der Waals surface area contributed by atoms with E-state index >= 15 is 0 Å². The van der Waals surface area contributed by atoms with Crippen molar-refractivity contribution in [3.63, 3.8) is 0 Å². The molecule has 4 N–H and O–H groups in total. The van der Waals surface area contributed by atoms with E-state index in [1.165, 1.54) is 0 Å². The van der Waals surface area contributed by atoms with E-state index in [1.54, 1.807) is 18.2 Å². The van der Waals surface area contributed by atoms with Gasteiger partial charge in [0.2, 0.25) is 0 Å². The molecule has 0 heterocycles. The van der Waals surface area contributed by atoms with Crippen molar-refractivity contribution in [3.8, 4) is 5.75 Å². The van der Waals surface area contributed by atoms with E-state index in [0.717, 1.165) is 29.7 Å². The highest BCUT2D eigenvalue weighted by Gasteiger charge is 2.08. The second-order valence-electron chi connectivity index (χ2n) is 5.08. The highest BCUT2D eigenvalue weighted by molar-refractivity contribution is 8.73. The minimum Gasteiger partial charge on any atom is -0.492 e. The Kier molecular flexibility index (Phi) is 9.19. The van der Waals surface area contributed by atoms with Crippen LogP contribution in [0.2, 0.25) is 0 Å². The van der Waals surface area contributed by atoms with Crippen molar-refractivity contribution in [1.82, 2.24) is 0 Å². The average molecular weight is 333 g/mol. The molecule has 21 heavy (non-hydrogen) atoms. The van der Waals surface area contributed by atoms with Crippen molar-refractivity contribution in [2.45, 2.75) is 32.1 Å². The Morgan fingerprint density at radius 3 is 2.33 bits per heavy atom. The zero-order valence-electron chi connectivity index (χ0n) is 12.7. The molecular formula is C15H26NO3S2+. The lowest BCUT2D eigenvalue weighted by atomic mass is 10.1. The van der Waals surface area contributed by atoms with Crippen molar-refractivity contribution in [1.29, 1.82) is 0 Å². The number of rotatable bonds is 10. The summed E-state index contributed by atoms with van der Waals surface area (Å²) in [6.45, 7) is 0.321. The number of aliphatic hydroxyl groups is 2. The molecule has 1 aromatic carbocycles. The van der Waals surface area contributed by atoms with E-state index in [-0.39, 0.29) is 19.3 Å². The second-order valence-corrected chi connectivity index (χ2v) is 9.91. The van der Waals surface area contributed by atoms with Crippen molar-refractivity contribution in [2.24, 2.45) is 5.73 Å². The smallest absolute Gasteiger partial charge is 0.120 e. The first kappa shape index (κ1) is 18.6. The SMILES string of the molecule is C[S+](C)SCCCC(N)COc1cc(CO)cc(CO)c1. The van der Waals surface area contributed by atoms with Gasteiger partial charge in [0.15, 0.2) is 0 Å². The maximum absolute atomic E-state index is 9.18. The Labute approximate surface area is 133 Å². The van der Waals surface area contributed by atoms with Gasteiger partial charge in [-0.3, -0.25) is 0 Å². The van der Waals surface area contributed by atoms with Crippen LogP contribution in [0.4, 0.5) is 0 Å². The first-order valence-electron chi connectivity index (χ1n) is 6.99. The molecule has 1 rings (SSSR count). The molecule has 0 aliphatic heterocycles. The third-order valence-electron chi connectivity index (χ3n) is 2.89. The van der Waals surface area contributed by atoms with E-state index in [2.05, 4.69) is 12.5 Å². The highest BCUT2D eigenvalue weighted by atomic mass is 33.1. The van der Waals surface area contributed by atoms with Gasteiger partial charge in [-0.2, -0.15) is 0 Å². The van der Waals surface area contributed by atoms with E-state index in [9.17, 15) is 10.2 Å². The quantitative estimate of drug-likeness (QED) is 0.345. The number of aliphatic hydroxyl groups excluding tert-OH is 2. The van der Waals surface area contributed by atoms with Crippen LogP contribution in [0.3, 0.4) is 0 Å². The number of nitrogens with two attached hydrogens (primary N) is 1. The molecule has 1 unspecified atom stereocenters. The molecule has 4 nitrogen and oxygen atoms in total. The summed E-state index contributed by atoms with van der Waals surface area (Å²) in [7, 11) is 2.40. The lowest BCUT2D eigenvalue weighted by Gasteiger charge is -2.14. The van der Waals surface area contributed by atoms with Gasteiger partial charge in [0.1, 0.15) is 24.9 Å². The molecular weight excluding hydrogens is 306 g/mol. The average Bonchev–Trinajstić information content (AvgIpc) is 2.48. The van der Waals surface area contributed by atoms with Crippen LogP contribution in [0.5, 0.6) is 5.75 Å². The normalized spacial score (nSPS) is 12.7. The summed E-state index contributed by atoms with van der Waals surface area (Å²) in [4.78, 5) is 0. The standard InChI is InChI=1S/C15H26NO3S2/c1-21(2)20-5-3-4-14(16)11-19-15-7-12(9-17)6-13(8-15)10-18/h6-8,14,17-18H,3-5,9-11,16H2,1-2H3/q+1. The molecule has 0 aliphatic rings. The summed E-state index contributed by atoms with van der Waals surface area (Å²) in [5.41, 5.74) is 7.52. The Morgan fingerprint density at radius 1 is 1.19 bits per heavy atom. The summed E-state index contributed by atoms with van der Waals surface area (Å²) in [5, 5.41) is 18.4. The molecule has 0 saturated heterocycles. The van der Waals surface area contributed by atoms with Crippen LogP contribution in [0, 0.1) is 0 Å². The first-order chi connectivity index (χ1) is 10.0. The van der Waals surface area contributed by atoms with Gasteiger partial charge in [-0.05, 0) is 36.1 Å². The van der Waals surface area contributed by atoms with E-state index in [4.69, 9.17) is 10.5 Å². The molecule has 0 amide bonds. The largest absolute Gasteiger partial charge is 0.492 e. The van der Waals surface area contributed by atoms with Crippen LogP contribution in [0.1, 0.15) is 24.0 Å². The van der Waals surface area contributed by atoms with Gasteiger partial charge >= 0.3 is 0 Å². The monoisotopic (exact) mass is 332 g/mol. The third-order valence-corrected chi connectivity index (χ3v) is 5.73. The molecule has 0 aromatic heterocycles. The lowest BCUT2D eigenvalue weighted by Crippen LogP contribution is -2.28. The zero-order chi connectivity index (χ0) is 15.7. The molecule has 1 aromatic rings. The third kappa shape index (κ3) is 7.97. The van der Waals surface area contributed by atoms with Crippen LogP contribution in [0.25, 0.3) is 0 Å². The molecule has 0 spiro atoms.